The van der Waals surface area contributed by atoms with Crippen molar-refractivity contribution in [1.29, 1.82) is 0 Å². The number of aryl methyl sites for hydroxylation is 1. The zero-order valence-corrected chi connectivity index (χ0v) is 15.6. The molecular formula is C18H25N5O4. The summed E-state index contributed by atoms with van der Waals surface area (Å²) in [5.74, 6) is 1.52. The van der Waals surface area contributed by atoms with Gasteiger partial charge in [-0.15, -0.1) is 0 Å². The second kappa shape index (κ2) is 8.70. The highest BCUT2D eigenvalue weighted by Crippen LogP contribution is 2.35. The van der Waals surface area contributed by atoms with Crippen molar-refractivity contribution in [2.24, 2.45) is 0 Å². The fraction of sp³-hybridized carbons (Fsp3) is 0.556. The predicted molar refractivity (Wildman–Crippen MR) is 97.3 cm³/mol. The van der Waals surface area contributed by atoms with E-state index in [2.05, 4.69) is 25.8 Å². The third kappa shape index (κ3) is 5.32. The maximum Gasteiger partial charge on any atom is 0.407 e. The standard InChI is InChI=1S/C18H25N5O4/c1-3-6-19-18(25)27-13-5-4-12(7-13)15-9-16(23-22-15)21-17(24)8-14-10-20-11(2)26-14/h9-10,12-13H,3-8H2,1-2H3,(H,19,25)(H2,21,22,23,24)/t12-,13+/m1/s1. The molecule has 0 aliphatic heterocycles. The number of nitrogens with one attached hydrogen (secondary N) is 3. The maximum absolute atomic E-state index is 12.1. The molecule has 1 aliphatic carbocycles. The minimum atomic E-state index is -0.359. The van der Waals surface area contributed by atoms with E-state index in [1.165, 1.54) is 0 Å². The molecule has 1 fully saturated rings. The monoisotopic (exact) mass is 375 g/mol. The summed E-state index contributed by atoms with van der Waals surface area (Å²) in [4.78, 5) is 27.7. The molecular weight excluding hydrogens is 350 g/mol. The summed E-state index contributed by atoms with van der Waals surface area (Å²) in [6.45, 7) is 4.34. The van der Waals surface area contributed by atoms with Crippen LogP contribution in [0, 0.1) is 6.92 Å². The third-order valence-corrected chi connectivity index (χ3v) is 4.49. The lowest BCUT2D eigenvalue weighted by Crippen LogP contribution is -2.28. The van der Waals surface area contributed by atoms with Crippen LogP contribution < -0.4 is 10.6 Å². The smallest absolute Gasteiger partial charge is 0.407 e. The quantitative estimate of drug-likeness (QED) is 0.684. The molecule has 146 valence electrons. The van der Waals surface area contributed by atoms with Crippen LogP contribution in [0.2, 0.25) is 0 Å². The number of hydrogen-bond donors (Lipinski definition) is 3. The summed E-state index contributed by atoms with van der Waals surface area (Å²) in [6.07, 6.45) is 4.53. The lowest BCUT2D eigenvalue weighted by atomic mass is 10.0. The molecule has 2 atom stereocenters. The van der Waals surface area contributed by atoms with Gasteiger partial charge >= 0.3 is 6.09 Å². The number of anilines is 1. The molecule has 0 unspecified atom stereocenters. The molecule has 3 N–H and O–H groups in total. The van der Waals surface area contributed by atoms with Crippen molar-refractivity contribution in [2.45, 2.75) is 58.0 Å². The molecule has 2 aromatic rings. The van der Waals surface area contributed by atoms with Crippen LogP contribution in [-0.4, -0.2) is 39.8 Å². The van der Waals surface area contributed by atoms with Crippen LogP contribution >= 0.6 is 0 Å². The second-order valence-corrected chi connectivity index (χ2v) is 6.74. The first kappa shape index (κ1) is 18.9. The van der Waals surface area contributed by atoms with Gasteiger partial charge in [-0.05, 0) is 25.7 Å². The largest absolute Gasteiger partial charge is 0.446 e. The van der Waals surface area contributed by atoms with Gasteiger partial charge in [0.25, 0.3) is 0 Å². The van der Waals surface area contributed by atoms with Gasteiger partial charge in [-0.25, -0.2) is 9.78 Å². The molecule has 2 heterocycles. The SMILES string of the molecule is CCCNC(=O)O[C@H]1CC[C@@H](c2cc(NC(=O)Cc3cnc(C)o3)n[nH]2)C1. The van der Waals surface area contributed by atoms with Gasteiger partial charge in [0.15, 0.2) is 11.7 Å². The van der Waals surface area contributed by atoms with Crippen LogP contribution in [0.4, 0.5) is 10.6 Å². The van der Waals surface area contributed by atoms with Crippen molar-refractivity contribution >= 4 is 17.8 Å². The Labute approximate surface area is 157 Å². The number of carbonyl (C=O) groups is 2. The van der Waals surface area contributed by atoms with Crippen LogP contribution in [-0.2, 0) is 16.0 Å². The van der Waals surface area contributed by atoms with E-state index in [4.69, 9.17) is 9.15 Å². The van der Waals surface area contributed by atoms with Crippen molar-refractivity contribution < 1.29 is 18.7 Å². The zero-order valence-electron chi connectivity index (χ0n) is 15.6. The van der Waals surface area contributed by atoms with Crippen molar-refractivity contribution in [2.75, 3.05) is 11.9 Å². The molecule has 0 radical (unpaired) electrons. The Kier molecular flexibility index (Phi) is 6.10. The van der Waals surface area contributed by atoms with Gasteiger partial charge < -0.3 is 19.8 Å². The Morgan fingerprint density at radius 3 is 3.00 bits per heavy atom. The molecule has 9 heteroatoms. The highest BCUT2D eigenvalue weighted by Gasteiger charge is 2.30. The molecule has 0 spiro atoms. The molecule has 9 nitrogen and oxygen atoms in total. The van der Waals surface area contributed by atoms with Gasteiger partial charge in [-0.3, -0.25) is 9.89 Å². The average Bonchev–Trinajstić information content (AvgIpc) is 3.35. The molecule has 2 amide bonds. The summed E-state index contributed by atoms with van der Waals surface area (Å²) in [5, 5.41) is 12.6. The summed E-state index contributed by atoms with van der Waals surface area (Å²) >= 11 is 0. The maximum atomic E-state index is 12.1. The number of carbonyl (C=O) groups excluding carboxylic acids is 2. The number of H-pyrrole nitrogens is 1. The van der Waals surface area contributed by atoms with Crippen LogP contribution in [0.1, 0.15) is 55.9 Å². The molecule has 3 rings (SSSR count). The Morgan fingerprint density at radius 1 is 1.41 bits per heavy atom. The van der Waals surface area contributed by atoms with Crippen molar-refractivity contribution in [3.8, 4) is 0 Å². The number of oxazole rings is 1. The van der Waals surface area contributed by atoms with E-state index in [1.54, 1.807) is 13.1 Å². The zero-order chi connectivity index (χ0) is 19.2. The Balaban J connectivity index is 1.47. The first-order valence-corrected chi connectivity index (χ1v) is 9.24. The topological polar surface area (TPSA) is 122 Å². The average molecular weight is 375 g/mol. The van der Waals surface area contributed by atoms with Gasteiger partial charge in [0.2, 0.25) is 5.91 Å². The molecule has 2 aromatic heterocycles. The van der Waals surface area contributed by atoms with E-state index in [0.717, 1.165) is 31.4 Å². The van der Waals surface area contributed by atoms with E-state index < -0.39 is 0 Å². The Bertz CT molecular complexity index is 784. The molecule has 27 heavy (non-hydrogen) atoms. The number of ether oxygens (including phenoxy) is 1. The third-order valence-electron chi connectivity index (χ3n) is 4.49. The Hall–Kier alpha value is -2.84. The normalized spacial score (nSPS) is 19.0. The summed E-state index contributed by atoms with van der Waals surface area (Å²) in [6, 6.07) is 1.83. The lowest BCUT2D eigenvalue weighted by Gasteiger charge is -2.12. The predicted octanol–water partition coefficient (Wildman–Crippen LogP) is 2.66. The summed E-state index contributed by atoms with van der Waals surface area (Å²) in [7, 11) is 0. The first-order chi connectivity index (χ1) is 13.0. The molecule has 1 aliphatic rings. The molecule has 0 aromatic carbocycles. The van der Waals surface area contributed by atoms with Crippen molar-refractivity contribution in [1.82, 2.24) is 20.5 Å². The Morgan fingerprint density at radius 2 is 2.26 bits per heavy atom. The van der Waals surface area contributed by atoms with Gasteiger partial charge in [-0.2, -0.15) is 5.10 Å². The first-order valence-electron chi connectivity index (χ1n) is 9.24. The van der Waals surface area contributed by atoms with E-state index in [0.29, 0.717) is 24.0 Å². The highest BCUT2D eigenvalue weighted by atomic mass is 16.6. The van der Waals surface area contributed by atoms with E-state index >= 15 is 0 Å². The number of amides is 2. The lowest BCUT2D eigenvalue weighted by molar-refractivity contribution is -0.115. The van der Waals surface area contributed by atoms with Gasteiger partial charge in [0.05, 0.1) is 12.6 Å². The van der Waals surface area contributed by atoms with Gasteiger partial charge in [0, 0.05) is 31.1 Å². The number of rotatable bonds is 7. The van der Waals surface area contributed by atoms with Crippen LogP contribution in [0.3, 0.4) is 0 Å². The van der Waals surface area contributed by atoms with Gasteiger partial charge in [-0.1, -0.05) is 6.92 Å². The van der Waals surface area contributed by atoms with E-state index in [9.17, 15) is 9.59 Å². The molecule has 0 saturated heterocycles. The van der Waals surface area contributed by atoms with Gasteiger partial charge in [0.1, 0.15) is 11.9 Å². The number of hydrogen-bond acceptors (Lipinski definition) is 6. The minimum Gasteiger partial charge on any atom is -0.446 e. The number of aromatic amines is 1. The number of nitrogens with zero attached hydrogens (tertiary/aromatic N) is 2. The molecule has 1 saturated carbocycles. The van der Waals surface area contributed by atoms with E-state index in [-0.39, 0.29) is 30.4 Å². The second-order valence-electron chi connectivity index (χ2n) is 6.74. The minimum absolute atomic E-state index is 0.0945. The number of alkyl carbamates (subject to hydrolysis) is 1. The fourth-order valence-corrected chi connectivity index (χ4v) is 3.19. The highest BCUT2D eigenvalue weighted by molar-refractivity contribution is 5.91. The molecule has 0 bridgehead atoms. The fourth-order valence-electron chi connectivity index (χ4n) is 3.19. The summed E-state index contributed by atoms with van der Waals surface area (Å²) < 4.78 is 10.7. The van der Waals surface area contributed by atoms with Crippen LogP contribution in [0.15, 0.2) is 16.7 Å². The van der Waals surface area contributed by atoms with Crippen molar-refractivity contribution in [3.05, 3.63) is 29.6 Å². The number of aromatic nitrogens is 3. The van der Waals surface area contributed by atoms with Crippen molar-refractivity contribution in [3.63, 3.8) is 0 Å². The van der Waals surface area contributed by atoms with Crippen LogP contribution in [0.5, 0.6) is 0 Å². The van der Waals surface area contributed by atoms with Crippen LogP contribution in [0.25, 0.3) is 0 Å². The van der Waals surface area contributed by atoms with E-state index in [1.807, 2.05) is 13.0 Å². The summed E-state index contributed by atoms with van der Waals surface area (Å²) in [5.41, 5.74) is 0.931.